The van der Waals surface area contributed by atoms with Crippen LogP contribution in [0.4, 0.5) is 5.69 Å². The first-order chi connectivity index (χ1) is 8.34. The summed E-state index contributed by atoms with van der Waals surface area (Å²) in [5.41, 5.74) is 6.20. The Bertz CT molecular complexity index is 396. The fraction of sp³-hybridized carbons (Fsp3) is 0.538. The van der Waals surface area contributed by atoms with Crippen molar-refractivity contribution in [3.05, 3.63) is 18.3 Å². The molecule has 1 heterocycles. The summed E-state index contributed by atoms with van der Waals surface area (Å²) in [7, 11) is 0. The molecule has 1 amide bonds. The zero-order valence-electron chi connectivity index (χ0n) is 11.4. The van der Waals surface area contributed by atoms with Gasteiger partial charge in [-0.2, -0.15) is 0 Å². The monoisotopic (exact) mass is 251 g/mol. The summed E-state index contributed by atoms with van der Waals surface area (Å²) in [6.45, 7) is 8.22. The number of hydrogen-bond donors (Lipinski definition) is 2. The molecule has 0 aliphatic heterocycles. The second-order valence-corrected chi connectivity index (χ2v) is 5.15. The molecule has 5 heteroatoms. The molecule has 0 saturated carbocycles. The van der Waals surface area contributed by atoms with Gasteiger partial charge >= 0.3 is 0 Å². The van der Waals surface area contributed by atoms with Crippen LogP contribution in [-0.4, -0.2) is 23.5 Å². The minimum Gasteiger partial charge on any atom is -0.478 e. The number of carbonyl (C=O) groups is 1. The van der Waals surface area contributed by atoms with Gasteiger partial charge in [-0.1, -0.05) is 20.8 Å². The highest BCUT2D eigenvalue weighted by atomic mass is 16.5. The van der Waals surface area contributed by atoms with Crippen molar-refractivity contribution >= 4 is 11.6 Å². The van der Waals surface area contributed by atoms with Crippen molar-refractivity contribution in [1.29, 1.82) is 0 Å². The van der Waals surface area contributed by atoms with Gasteiger partial charge in [0.15, 0.2) is 0 Å². The lowest BCUT2D eigenvalue weighted by molar-refractivity contribution is -0.119. The molecule has 0 fully saturated rings. The first-order valence-electron chi connectivity index (χ1n) is 6.00. The molecule has 0 radical (unpaired) electrons. The highest BCUT2D eigenvalue weighted by Crippen LogP contribution is 2.19. The van der Waals surface area contributed by atoms with Crippen LogP contribution in [0.25, 0.3) is 0 Å². The number of nitrogens with one attached hydrogen (secondary N) is 1. The minimum atomic E-state index is -0.566. The Morgan fingerprint density at radius 2 is 2.17 bits per heavy atom. The number of nitrogens with zero attached hydrogens (tertiary/aromatic N) is 1. The summed E-state index contributed by atoms with van der Waals surface area (Å²) in [4.78, 5) is 15.9. The lowest BCUT2D eigenvalue weighted by atomic mass is 9.87. The number of amides is 1. The summed E-state index contributed by atoms with van der Waals surface area (Å²) in [6.07, 6.45) is 1.55. The third-order valence-corrected chi connectivity index (χ3v) is 2.51. The molecule has 0 saturated heterocycles. The molecule has 3 N–H and O–H groups in total. The Hall–Kier alpha value is -1.62. The zero-order chi connectivity index (χ0) is 13.8. The van der Waals surface area contributed by atoms with Crippen molar-refractivity contribution in [1.82, 2.24) is 4.98 Å². The van der Waals surface area contributed by atoms with Gasteiger partial charge < -0.3 is 15.8 Å². The standard InChI is InChI=1S/C13H21N3O2/c1-5-18-10-7-6-9(8-15-10)16-12(17)11(14)13(2,3)4/h6-8,11H,5,14H2,1-4H3,(H,16,17). The van der Waals surface area contributed by atoms with Crippen LogP contribution >= 0.6 is 0 Å². The molecule has 0 aromatic carbocycles. The first kappa shape index (κ1) is 14.4. The maximum atomic E-state index is 11.9. The predicted octanol–water partition coefficient (Wildman–Crippen LogP) is 1.79. The molecule has 0 bridgehead atoms. The van der Waals surface area contributed by atoms with E-state index in [0.717, 1.165) is 0 Å². The number of aromatic nitrogens is 1. The van der Waals surface area contributed by atoms with Gasteiger partial charge in [0.25, 0.3) is 0 Å². The molecule has 100 valence electrons. The van der Waals surface area contributed by atoms with E-state index in [9.17, 15) is 4.79 Å². The highest BCUT2D eigenvalue weighted by Gasteiger charge is 2.27. The van der Waals surface area contributed by atoms with Crippen LogP contribution in [0, 0.1) is 5.41 Å². The van der Waals surface area contributed by atoms with Gasteiger partial charge in [-0.25, -0.2) is 4.98 Å². The Morgan fingerprint density at radius 3 is 2.61 bits per heavy atom. The van der Waals surface area contributed by atoms with Crippen LogP contribution < -0.4 is 15.8 Å². The lowest BCUT2D eigenvalue weighted by Gasteiger charge is -2.25. The van der Waals surface area contributed by atoms with Crippen LogP contribution in [0.15, 0.2) is 18.3 Å². The smallest absolute Gasteiger partial charge is 0.241 e. The first-order valence-corrected chi connectivity index (χ1v) is 6.00. The maximum absolute atomic E-state index is 11.9. The number of anilines is 1. The Labute approximate surface area is 108 Å². The van der Waals surface area contributed by atoms with E-state index >= 15 is 0 Å². The molecular weight excluding hydrogens is 230 g/mol. The number of nitrogens with two attached hydrogens (primary N) is 1. The van der Waals surface area contributed by atoms with Crippen molar-refractivity contribution in [2.75, 3.05) is 11.9 Å². The molecule has 1 atom stereocenters. The summed E-state index contributed by atoms with van der Waals surface area (Å²) in [6, 6.07) is 2.89. The highest BCUT2D eigenvalue weighted by molar-refractivity contribution is 5.95. The van der Waals surface area contributed by atoms with Gasteiger partial charge in [-0.05, 0) is 18.4 Å². The van der Waals surface area contributed by atoms with E-state index in [1.807, 2.05) is 27.7 Å². The second-order valence-electron chi connectivity index (χ2n) is 5.15. The van der Waals surface area contributed by atoms with Gasteiger partial charge in [-0.3, -0.25) is 4.79 Å². The van der Waals surface area contributed by atoms with E-state index in [2.05, 4.69) is 10.3 Å². The van der Waals surface area contributed by atoms with Crippen molar-refractivity contribution in [3.63, 3.8) is 0 Å². The van der Waals surface area contributed by atoms with Gasteiger partial charge in [-0.15, -0.1) is 0 Å². The van der Waals surface area contributed by atoms with E-state index in [1.54, 1.807) is 18.3 Å². The zero-order valence-corrected chi connectivity index (χ0v) is 11.4. The maximum Gasteiger partial charge on any atom is 0.241 e. The van der Waals surface area contributed by atoms with Crippen LogP contribution in [0.2, 0.25) is 0 Å². The second kappa shape index (κ2) is 5.82. The normalized spacial score (nSPS) is 12.9. The molecule has 5 nitrogen and oxygen atoms in total. The summed E-state index contributed by atoms with van der Waals surface area (Å²) in [5, 5.41) is 2.74. The number of pyridine rings is 1. The average Bonchev–Trinajstić information content (AvgIpc) is 2.30. The molecule has 1 unspecified atom stereocenters. The quantitative estimate of drug-likeness (QED) is 0.855. The number of rotatable bonds is 4. The fourth-order valence-corrected chi connectivity index (χ4v) is 1.30. The van der Waals surface area contributed by atoms with E-state index in [4.69, 9.17) is 10.5 Å². The summed E-state index contributed by atoms with van der Waals surface area (Å²) < 4.78 is 5.22. The Kier molecular flexibility index (Phi) is 4.67. The lowest BCUT2D eigenvalue weighted by Crippen LogP contribution is -2.45. The number of hydrogen-bond acceptors (Lipinski definition) is 4. The fourth-order valence-electron chi connectivity index (χ4n) is 1.30. The van der Waals surface area contributed by atoms with Crippen LogP contribution in [0.3, 0.4) is 0 Å². The summed E-state index contributed by atoms with van der Waals surface area (Å²) >= 11 is 0. The van der Waals surface area contributed by atoms with Crippen molar-refractivity contribution in [2.24, 2.45) is 11.1 Å². The minimum absolute atomic E-state index is 0.214. The number of ether oxygens (including phenoxy) is 1. The Balaban J connectivity index is 2.65. The van der Waals surface area contributed by atoms with Crippen LogP contribution in [0.1, 0.15) is 27.7 Å². The van der Waals surface area contributed by atoms with Crippen LogP contribution in [0.5, 0.6) is 5.88 Å². The molecule has 1 rings (SSSR count). The van der Waals surface area contributed by atoms with Gasteiger partial charge in [0.1, 0.15) is 0 Å². The molecule has 0 spiro atoms. The molecule has 0 aliphatic rings. The predicted molar refractivity (Wildman–Crippen MR) is 71.5 cm³/mol. The number of carbonyl (C=O) groups excluding carboxylic acids is 1. The van der Waals surface area contributed by atoms with Crippen molar-refractivity contribution < 1.29 is 9.53 Å². The SMILES string of the molecule is CCOc1ccc(NC(=O)C(N)C(C)(C)C)cn1. The van der Waals surface area contributed by atoms with Crippen molar-refractivity contribution in [3.8, 4) is 5.88 Å². The van der Waals surface area contributed by atoms with Crippen molar-refractivity contribution in [2.45, 2.75) is 33.7 Å². The molecule has 1 aromatic heterocycles. The molecular formula is C13H21N3O2. The topological polar surface area (TPSA) is 77.2 Å². The largest absolute Gasteiger partial charge is 0.478 e. The van der Waals surface area contributed by atoms with Gasteiger partial charge in [0.2, 0.25) is 11.8 Å². The van der Waals surface area contributed by atoms with Crippen LogP contribution in [-0.2, 0) is 4.79 Å². The molecule has 1 aromatic rings. The molecule has 18 heavy (non-hydrogen) atoms. The Morgan fingerprint density at radius 1 is 1.50 bits per heavy atom. The third-order valence-electron chi connectivity index (χ3n) is 2.51. The van der Waals surface area contributed by atoms with E-state index in [1.165, 1.54) is 0 Å². The van der Waals surface area contributed by atoms with E-state index in [-0.39, 0.29) is 11.3 Å². The molecule has 0 aliphatic carbocycles. The van der Waals surface area contributed by atoms with E-state index in [0.29, 0.717) is 18.2 Å². The third kappa shape index (κ3) is 4.00. The van der Waals surface area contributed by atoms with E-state index < -0.39 is 6.04 Å². The van der Waals surface area contributed by atoms with Gasteiger partial charge in [0.05, 0.1) is 24.5 Å². The van der Waals surface area contributed by atoms with Gasteiger partial charge in [0, 0.05) is 6.07 Å². The average molecular weight is 251 g/mol. The summed E-state index contributed by atoms with van der Waals surface area (Å²) in [5.74, 6) is 0.323.